The van der Waals surface area contributed by atoms with Gasteiger partial charge in [0, 0.05) is 37.5 Å². The molecule has 26 heavy (non-hydrogen) atoms. The van der Waals surface area contributed by atoms with Crippen LogP contribution < -0.4 is 0 Å². The molecular weight excluding hydrogens is 328 g/mol. The second-order valence-electron chi connectivity index (χ2n) is 6.94. The third-order valence-corrected chi connectivity index (χ3v) is 5.47. The number of hydrogen-bond donors (Lipinski definition) is 0. The van der Waals surface area contributed by atoms with Gasteiger partial charge in [0.25, 0.3) is 5.91 Å². The molecule has 0 aliphatic carbocycles. The molecule has 5 rings (SSSR count). The van der Waals surface area contributed by atoms with Crippen LogP contribution in [0, 0.1) is 0 Å². The van der Waals surface area contributed by atoms with Gasteiger partial charge in [-0.05, 0) is 22.9 Å². The lowest BCUT2D eigenvalue weighted by Crippen LogP contribution is -2.47. The highest BCUT2D eigenvalue weighted by Gasteiger charge is 2.41. The second kappa shape index (κ2) is 6.04. The summed E-state index contributed by atoms with van der Waals surface area (Å²) in [5.41, 5.74) is 1.44. The molecule has 0 atom stereocenters. The van der Waals surface area contributed by atoms with Crippen molar-refractivity contribution < 1.29 is 14.3 Å². The zero-order chi connectivity index (χ0) is 17.6. The molecule has 2 saturated heterocycles. The maximum absolute atomic E-state index is 13.3. The minimum atomic E-state index is -0.472. The standard InChI is InChI=1S/C21H20N2O3/c24-20(23-10-7-21(8-11-23)25-12-13-26-21)18-14-15-4-1-2-5-16(15)17-6-3-9-22-19(17)18/h1-6,9,14H,7-8,10-13H2. The summed E-state index contributed by atoms with van der Waals surface area (Å²) in [4.78, 5) is 19.7. The van der Waals surface area contributed by atoms with Crippen LogP contribution in [-0.4, -0.2) is 47.9 Å². The summed E-state index contributed by atoms with van der Waals surface area (Å²) in [5.74, 6) is -0.437. The molecule has 2 aliphatic rings. The first kappa shape index (κ1) is 15.7. The maximum atomic E-state index is 13.3. The van der Waals surface area contributed by atoms with E-state index in [0.717, 1.165) is 34.5 Å². The SMILES string of the molecule is O=C(c1cc2ccccc2c2cccnc12)N1CCC2(CC1)OCCO2. The van der Waals surface area contributed by atoms with Gasteiger partial charge < -0.3 is 14.4 Å². The predicted molar refractivity (Wildman–Crippen MR) is 99.0 cm³/mol. The van der Waals surface area contributed by atoms with E-state index in [2.05, 4.69) is 11.1 Å². The number of rotatable bonds is 1. The van der Waals surface area contributed by atoms with Gasteiger partial charge in [0.05, 0.1) is 24.3 Å². The van der Waals surface area contributed by atoms with Gasteiger partial charge >= 0.3 is 0 Å². The number of ether oxygens (including phenoxy) is 2. The van der Waals surface area contributed by atoms with Crippen LogP contribution in [0.3, 0.4) is 0 Å². The highest BCUT2D eigenvalue weighted by Crippen LogP contribution is 2.33. The van der Waals surface area contributed by atoms with Gasteiger partial charge in [-0.25, -0.2) is 0 Å². The molecule has 2 aromatic carbocycles. The Bertz CT molecular complexity index is 985. The summed E-state index contributed by atoms with van der Waals surface area (Å²) in [7, 11) is 0. The van der Waals surface area contributed by atoms with Crippen LogP contribution in [0.1, 0.15) is 23.2 Å². The van der Waals surface area contributed by atoms with Gasteiger partial charge in [-0.1, -0.05) is 30.3 Å². The fourth-order valence-corrected chi connectivity index (χ4v) is 4.10. The van der Waals surface area contributed by atoms with Crippen molar-refractivity contribution >= 4 is 27.6 Å². The Morgan fingerprint density at radius 3 is 2.54 bits per heavy atom. The third kappa shape index (κ3) is 2.47. The molecule has 3 aromatic rings. The number of carbonyl (C=O) groups excluding carboxylic acids is 1. The van der Waals surface area contributed by atoms with Crippen molar-refractivity contribution in [1.82, 2.24) is 9.88 Å². The average molecular weight is 348 g/mol. The minimum Gasteiger partial charge on any atom is -0.347 e. The van der Waals surface area contributed by atoms with Crippen molar-refractivity contribution in [2.24, 2.45) is 0 Å². The highest BCUT2D eigenvalue weighted by molar-refractivity contribution is 6.15. The van der Waals surface area contributed by atoms with Crippen molar-refractivity contribution in [1.29, 1.82) is 0 Å². The van der Waals surface area contributed by atoms with Gasteiger partial charge in [-0.15, -0.1) is 0 Å². The predicted octanol–water partition coefficient (Wildman–Crippen LogP) is 3.37. The Hall–Kier alpha value is -2.50. The van der Waals surface area contributed by atoms with E-state index in [1.807, 2.05) is 41.3 Å². The van der Waals surface area contributed by atoms with Gasteiger partial charge in [0.15, 0.2) is 5.79 Å². The largest absolute Gasteiger partial charge is 0.347 e. The number of fused-ring (bicyclic) bond motifs is 3. The van der Waals surface area contributed by atoms with E-state index in [1.165, 1.54) is 0 Å². The van der Waals surface area contributed by atoms with E-state index in [0.29, 0.717) is 31.9 Å². The van der Waals surface area contributed by atoms with E-state index in [-0.39, 0.29) is 5.91 Å². The molecule has 0 radical (unpaired) electrons. The molecule has 3 heterocycles. The van der Waals surface area contributed by atoms with Crippen LogP contribution >= 0.6 is 0 Å². The molecule has 2 aliphatic heterocycles. The summed E-state index contributed by atoms with van der Waals surface area (Å²) in [5, 5.41) is 3.20. The Labute approximate surface area is 151 Å². The number of pyridine rings is 1. The van der Waals surface area contributed by atoms with Crippen LogP contribution in [0.2, 0.25) is 0 Å². The first-order valence-electron chi connectivity index (χ1n) is 9.09. The number of likely N-dealkylation sites (tertiary alicyclic amines) is 1. The van der Waals surface area contributed by atoms with E-state index < -0.39 is 5.79 Å². The monoisotopic (exact) mass is 348 g/mol. The quantitative estimate of drug-likeness (QED) is 0.633. The Morgan fingerprint density at radius 1 is 1.00 bits per heavy atom. The number of aromatic nitrogens is 1. The second-order valence-corrected chi connectivity index (χ2v) is 6.94. The van der Waals surface area contributed by atoms with Crippen molar-refractivity contribution in [2.75, 3.05) is 26.3 Å². The molecule has 1 spiro atoms. The first-order chi connectivity index (χ1) is 12.8. The average Bonchev–Trinajstić information content (AvgIpc) is 3.15. The van der Waals surface area contributed by atoms with Gasteiger partial charge in [0.2, 0.25) is 0 Å². The summed E-state index contributed by atoms with van der Waals surface area (Å²) in [6, 6.07) is 14.1. The lowest BCUT2D eigenvalue weighted by atomic mass is 9.98. The molecule has 0 saturated carbocycles. The van der Waals surface area contributed by atoms with E-state index >= 15 is 0 Å². The normalized spacial score (nSPS) is 19.5. The summed E-state index contributed by atoms with van der Waals surface area (Å²) in [6.07, 6.45) is 3.19. The van der Waals surface area contributed by atoms with Crippen LogP contribution in [0.15, 0.2) is 48.7 Å². The van der Waals surface area contributed by atoms with E-state index in [9.17, 15) is 4.79 Å². The molecule has 1 aromatic heterocycles. The molecule has 5 nitrogen and oxygen atoms in total. The zero-order valence-electron chi connectivity index (χ0n) is 14.5. The number of piperidine rings is 1. The molecule has 0 bridgehead atoms. The van der Waals surface area contributed by atoms with Crippen molar-refractivity contribution in [2.45, 2.75) is 18.6 Å². The Balaban J connectivity index is 1.53. The number of hydrogen-bond acceptors (Lipinski definition) is 4. The zero-order valence-corrected chi connectivity index (χ0v) is 14.5. The lowest BCUT2D eigenvalue weighted by molar-refractivity contribution is -0.181. The van der Waals surface area contributed by atoms with Crippen molar-refractivity contribution in [3.63, 3.8) is 0 Å². The van der Waals surface area contributed by atoms with Gasteiger partial charge in [-0.2, -0.15) is 0 Å². The third-order valence-electron chi connectivity index (χ3n) is 5.47. The smallest absolute Gasteiger partial charge is 0.256 e. The van der Waals surface area contributed by atoms with Gasteiger partial charge in [-0.3, -0.25) is 9.78 Å². The van der Waals surface area contributed by atoms with Crippen molar-refractivity contribution in [3.8, 4) is 0 Å². The van der Waals surface area contributed by atoms with Crippen LogP contribution in [-0.2, 0) is 9.47 Å². The highest BCUT2D eigenvalue weighted by atomic mass is 16.7. The lowest BCUT2D eigenvalue weighted by Gasteiger charge is -2.37. The van der Waals surface area contributed by atoms with Crippen LogP contribution in [0.5, 0.6) is 0 Å². The molecule has 1 amide bonds. The van der Waals surface area contributed by atoms with E-state index in [1.54, 1.807) is 6.20 Å². The topological polar surface area (TPSA) is 51.7 Å². The van der Waals surface area contributed by atoms with Crippen LogP contribution in [0.25, 0.3) is 21.7 Å². The fraction of sp³-hybridized carbons (Fsp3) is 0.333. The maximum Gasteiger partial charge on any atom is 0.256 e. The number of amides is 1. The number of nitrogens with zero attached hydrogens (tertiary/aromatic N) is 2. The summed E-state index contributed by atoms with van der Waals surface area (Å²) in [6.45, 7) is 2.57. The molecule has 132 valence electrons. The van der Waals surface area contributed by atoms with Crippen molar-refractivity contribution in [3.05, 3.63) is 54.2 Å². The molecule has 0 unspecified atom stereocenters. The molecular formula is C21H20N2O3. The van der Waals surface area contributed by atoms with E-state index in [4.69, 9.17) is 9.47 Å². The molecule has 5 heteroatoms. The fourth-order valence-electron chi connectivity index (χ4n) is 4.10. The summed E-state index contributed by atoms with van der Waals surface area (Å²) >= 11 is 0. The Kier molecular flexibility index (Phi) is 3.65. The van der Waals surface area contributed by atoms with Gasteiger partial charge in [0.1, 0.15) is 0 Å². The first-order valence-corrected chi connectivity index (χ1v) is 9.09. The molecule has 0 N–H and O–H groups in total. The molecule has 2 fully saturated rings. The number of carbonyl (C=O) groups is 1. The Morgan fingerprint density at radius 2 is 1.73 bits per heavy atom. The minimum absolute atomic E-state index is 0.0345. The summed E-state index contributed by atoms with van der Waals surface area (Å²) < 4.78 is 11.5. The van der Waals surface area contributed by atoms with Crippen LogP contribution in [0.4, 0.5) is 0 Å². The number of benzene rings is 2.